The molecule has 0 atom stereocenters. The van der Waals surface area contributed by atoms with Crippen molar-refractivity contribution in [1.29, 1.82) is 0 Å². The molecule has 0 aliphatic carbocycles. The number of pyridine rings is 1. The van der Waals surface area contributed by atoms with Crippen LogP contribution >= 0.6 is 0 Å². The lowest BCUT2D eigenvalue weighted by atomic mass is 9.81. The van der Waals surface area contributed by atoms with Crippen molar-refractivity contribution in [2.45, 2.75) is 24.7 Å². The van der Waals surface area contributed by atoms with E-state index in [0.29, 0.717) is 12.4 Å². The number of aromatic nitrogens is 1. The van der Waals surface area contributed by atoms with Crippen LogP contribution in [-0.4, -0.2) is 52.0 Å². The molecule has 0 radical (unpaired) electrons. The van der Waals surface area contributed by atoms with Gasteiger partial charge in [-0.25, -0.2) is 18.1 Å². The van der Waals surface area contributed by atoms with Crippen LogP contribution in [0, 0.1) is 5.41 Å². The molecule has 6 nitrogen and oxygen atoms in total. The van der Waals surface area contributed by atoms with Crippen LogP contribution in [0.25, 0.3) is 0 Å². The van der Waals surface area contributed by atoms with E-state index >= 15 is 0 Å². The molecule has 1 aromatic heterocycles. The molecule has 2 N–H and O–H groups in total. The van der Waals surface area contributed by atoms with Crippen LogP contribution in [-0.2, 0) is 10.0 Å². The predicted octanol–water partition coefficient (Wildman–Crippen LogP) is 1.13. The van der Waals surface area contributed by atoms with Crippen LogP contribution in [0.3, 0.4) is 0 Å². The van der Waals surface area contributed by atoms with E-state index < -0.39 is 10.0 Å². The number of sulfonamides is 1. The van der Waals surface area contributed by atoms with E-state index in [9.17, 15) is 8.42 Å². The first-order valence-corrected chi connectivity index (χ1v) is 8.66. The first-order valence-electron chi connectivity index (χ1n) is 7.17. The lowest BCUT2D eigenvalue weighted by Crippen LogP contribution is -2.43. The molecule has 7 heteroatoms. The predicted molar refractivity (Wildman–Crippen MR) is 83.8 cm³/mol. The van der Waals surface area contributed by atoms with Gasteiger partial charge in [0.05, 0.1) is 0 Å². The van der Waals surface area contributed by atoms with Crippen molar-refractivity contribution < 1.29 is 8.42 Å². The summed E-state index contributed by atoms with van der Waals surface area (Å²) in [6.07, 6.45) is 3.57. The maximum Gasteiger partial charge on any atom is 0.244 e. The zero-order valence-electron chi connectivity index (χ0n) is 12.9. The number of rotatable bonds is 5. The van der Waals surface area contributed by atoms with Crippen LogP contribution in [0.2, 0.25) is 0 Å². The molecule has 0 amide bonds. The maximum absolute atomic E-state index is 12.5. The van der Waals surface area contributed by atoms with Crippen LogP contribution in [0.5, 0.6) is 0 Å². The van der Waals surface area contributed by atoms with Gasteiger partial charge in [-0.3, -0.25) is 0 Å². The summed E-state index contributed by atoms with van der Waals surface area (Å²) in [5.41, 5.74) is 0.0155. The minimum absolute atomic E-state index is 0.0155. The van der Waals surface area contributed by atoms with Crippen molar-refractivity contribution in [1.82, 2.24) is 14.6 Å². The average Bonchev–Trinajstić information content (AvgIpc) is 2.49. The Balaban J connectivity index is 2.08. The van der Waals surface area contributed by atoms with E-state index in [0.717, 1.165) is 25.9 Å². The molecule has 118 valence electrons. The molecule has 1 aromatic rings. The van der Waals surface area contributed by atoms with Crippen LogP contribution in [0.1, 0.15) is 19.8 Å². The number of nitrogens with one attached hydrogen (secondary N) is 2. The molecular weight excluding hydrogens is 288 g/mol. The van der Waals surface area contributed by atoms with E-state index in [-0.39, 0.29) is 10.3 Å². The van der Waals surface area contributed by atoms with Gasteiger partial charge in [-0.2, -0.15) is 0 Å². The first kappa shape index (κ1) is 16.2. The fourth-order valence-electron chi connectivity index (χ4n) is 2.48. The van der Waals surface area contributed by atoms with Crippen molar-refractivity contribution in [3.8, 4) is 0 Å². The Morgan fingerprint density at radius 3 is 2.67 bits per heavy atom. The van der Waals surface area contributed by atoms with E-state index in [1.54, 1.807) is 25.4 Å². The van der Waals surface area contributed by atoms with Gasteiger partial charge in [-0.15, -0.1) is 0 Å². The smallest absolute Gasteiger partial charge is 0.244 e. The standard InChI is InChI=1S/C14H24N4O2S/c1-14(6-9-18(3)10-7-14)11-17-21(19,20)12-5-4-8-16-13(12)15-2/h4-5,8,17H,6-7,9-11H2,1-3H3,(H,15,16). The van der Waals surface area contributed by atoms with Crippen molar-refractivity contribution >= 4 is 15.8 Å². The van der Waals surface area contributed by atoms with E-state index in [1.807, 2.05) is 0 Å². The largest absolute Gasteiger partial charge is 0.372 e. The summed E-state index contributed by atoms with van der Waals surface area (Å²) in [5.74, 6) is 0.374. The highest BCUT2D eigenvalue weighted by atomic mass is 32.2. The summed E-state index contributed by atoms with van der Waals surface area (Å²) in [6.45, 7) is 4.62. The number of likely N-dealkylation sites (tertiary alicyclic amines) is 1. The van der Waals surface area contributed by atoms with Gasteiger partial charge in [0.15, 0.2) is 0 Å². The monoisotopic (exact) mass is 312 g/mol. The number of anilines is 1. The summed E-state index contributed by atoms with van der Waals surface area (Å²) in [5, 5.41) is 2.82. The molecule has 0 saturated carbocycles. The first-order chi connectivity index (χ1) is 9.86. The summed E-state index contributed by atoms with van der Waals surface area (Å²) in [7, 11) is 0.219. The SMILES string of the molecule is CNc1ncccc1S(=O)(=O)NCC1(C)CCN(C)CC1. The van der Waals surface area contributed by atoms with Crippen LogP contribution in [0.4, 0.5) is 5.82 Å². The van der Waals surface area contributed by atoms with Gasteiger partial charge >= 0.3 is 0 Å². The molecule has 1 fully saturated rings. The lowest BCUT2D eigenvalue weighted by molar-refractivity contribution is 0.143. The Kier molecular flexibility index (Phi) is 4.85. The Morgan fingerprint density at radius 1 is 1.38 bits per heavy atom. The van der Waals surface area contributed by atoms with Crippen molar-refractivity contribution in [3.05, 3.63) is 18.3 Å². The van der Waals surface area contributed by atoms with Crippen molar-refractivity contribution in [3.63, 3.8) is 0 Å². The Morgan fingerprint density at radius 2 is 2.05 bits per heavy atom. The summed E-state index contributed by atoms with van der Waals surface area (Å²) in [4.78, 5) is 6.52. The van der Waals surface area contributed by atoms with E-state index in [2.05, 4.69) is 33.9 Å². The molecule has 0 aromatic carbocycles. The van der Waals surface area contributed by atoms with Crippen molar-refractivity contribution in [2.24, 2.45) is 5.41 Å². The third-order valence-corrected chi connectivity index (χ3v) is 5.61. The highest BCUT2D eigenvalue weighted by molar-refractivity contribution is 7.89. The second-order valence-electron chi connectivity index (χ2n) is 6.04. The number of hydrogen-bond acceptors (Lipinski definition) is 5. The highest BCUT2D eigenvalue weighted by Gasteiger charge is 2.31. The van der Waals surface area contributed by atoms with Crippen LogP contribution < -0.4 is 10.0 Å². The van der Waals surface area contributed by atoms with Gasteiger partial charge in [0.2, 0.25) is 10.0 Å². The van der Waals surface area contributed by atoms with Gasteiger partial charge in [0.1, 0.15) is 10.7 Å². The van der Waals surface area contributed by atoms with Gasteiger partial charge in [-0.1, -0.05) is 6.92 Å². The quantitative estimate of drug-likeness (QED) is 0.853. The minimum atomic E-state index is -3.54. The average molecular weight is 312 g/mol. The Labute approximate surface area is 127 Å². The van der Waals surface area contributed by atoms with E-state index in [1.165, 1.54) is 0 Å². The fraction of sp³-hybridized carbons (Fsp3) is 0.643. The molecule has 1 aliphatic heterocycles. The summed E-state index contributed by atoms with van der Waals surface area (Å²) >= 11 is 0. The molecule has 1 aliphatic rings. The van der Waals surface area contributed by atoms with E-state index in [4.69, 9.17) is 0 Å². The van der Waals surface area contributed by atoms with Gasteiger partial charge in [0, 0.05) is 19.8 Å². The van der Waals surface area contributed by atoms with Crippen LogP contribution in [0.15, 0.2) is 23.2 Å². The lowest BCUT2D eigenvalue weighted by Gasteiger charge is -2.37. The molecule has 0 unspecified atom stereocenters. The minimum Gasteiger partial charge on any atom is -0.372 e. The normalized spacial score (nSPS) is 19.4. The van der Waals surface area contributed by atoms with Crippen molar-refractivity contribution in [2.75, 3.05) is 39.0 Å². The number of nitrogens with zero attached hydrogens (tertiary/aromatic N) is 2. The molecular formula is C14H24N4O2S. The zero-order valence-corrected chi connectivity index (χ0v) is 13.7. The van der Waals surface area contributed by atoms with Gasteiger partial charge in [-0.05, 0) is 50.5 Å². The second-order valence-corrected chi connectivity index (χ2v) is 7.77. The Hall–Kier alpha value is -1.18. The fourth-order valence-corrected chi connectivity index (χ4v) is 3.84. The topological polar surface area (TPSA) is 74.3 Å². The zero-order chi connectivity index (χ0) is 15.5. The van der Waals surface area contributed by atoms with Gasteiger partial charge in [0.25, 0.3) is 0 Å². The number of piperidine rings is 1. The summed E-state index contributed by atoms with van der Waals surface area (Å²) in [6, 6.07) is 3.20. The molecule has 1 saturated heterocycles. The Bertz CT molecular complexity index is 580. The second kappa shape index (κ2) is 6.29. The maximum atomic E-state index is 12.5. The summed E-state index contributed by atoms with van der Waals surface area (Å²) < 4.78 is 27.7. The third kappa shape index (κ3) is 3.93. The highest BCUT2D eigenvalue weighted by Crippen LogP contribution is 2.30. The molecule has 0 spiro atoms. The molecule has 2 heterocycles. The molecule has 21 heavy (non-hydrogen) atoms. The number of hydrogen-bond donors (Lipinski definition) is 2. The third-order valence-electron chi connectivity index (χ3n) is 4.18. The molecule has 2 rings (SSSR count). The van der Waals surface area contributed by atoms with Gasteiger partial charge < -0.3 is 10.2 Å². The molecule has 0 bridgehead atoms.